The minimum absolute atomic E-state index is 0.0512. The van der Waals surface area contributed by atoms with E-state index in [0.717, 1.165) is 6.42 Å². The van der Waals surface area contributed by atoms with Crippen molar-refractivity contribution in [3.63, 3.8) is 0 Å². The zero-order valence-corrected chi connectivity index (χ0v) is 12.7. The number of ether oxygens (including phenoxy) is 1. The number of rotatable bonds is 4. The van der Waals surface area contributed by atoms with E-state index in [1.807, 2.05) is 6.92 Å². The van der Waals surface area contributed by atoms with Crippen molar-refractivity contribution in [3.05, 3.63) is 16.1 Å². The third kappa shape index (κ3) is 4.68. The van der Waals surface area contributed by atoms with Gasteiger partial charge in [0.2, 0.25) is 0 Å². The van der Waals surface area contributed by atoms with Crippen LogP contribution in [0.15, 0.2) is 5.38 Å². The number of nitrogens with zero attached hydrogens (tertiary/aromatic N) is 2. The molecule has 1 aromatic rings. The van der Waals surface area contributed by atoms with Gasteiger partial charge in [-0.15, -0.1) is 11.3 Å². The van der Waals surface area contributed by atoms with Gasteiger partial charge < -0.3 is 20.1 Å². The molecule has 0 aliphatic carbocycles. The summed E-state index contributed by atoms with van der Waals surface area (Å²) in [5, 5.41) is 13.8. The maximum Gasteiger partial charge on any atom is 0.355 e. The summed E-state index contributed by atoms with van der Waals surface area (Å²) in [6, 6.07) is -0.109. The number of urea groups is 1. The molecule has 1 unspecified atom stereocenters. The highest BCUT2D eigenvalue weighted by Gasteiger charge is 2.19. The lowest BCUT2D eigenvalue weighted by atomic mass is 10.3. The number of hydrogen-bond donors (Lipinski definition) is 2. The van der Waals surface area contributed by atoms with Crippen LogP contribution in [0.5, 0.6) is 0 Å². The summed E-state index contributed by atoms with van der Waals surface area (Å²) >= 11 is 1.29. The minimum Gasteiger partial charge on any atom is -0.476 e. The molecule has 0 bridgehead atoms. The predicted octanol–water partition coefficient (Wildman–Crippen LogP) is 1.20. The molecule has 116 valence electrons. The van der Waals surface area contributed by atoms with E-state index in [4.69, 9.17) is 9.84 Å². The maximum absolute atomic E-state index is 12.0. The molecule has 0 radical (unpaired) electrons. The maximum atomic E-state index is 12.0. The Balaban J connectivity index is 1.76. The van der Waals surface area contributed by atoms with Gasteiger partial charge in [0.05, 0.1) is 11.1 Å². The number of carbonyl (C=O) groups excluding carboxylic acids is 1. The van der Waals surface area contributed by atoms with Gasteiger partial charge in [0, 0.05) is 38.0 Å². The molecular formula is C13H19N3O4S. The summed E-state index contributed by atoms with van der Waals surface area (Å²) in [5.74, 6) is -1.03. The number of aromatic nitrogens is 1. The van der Waals surface area contributed by atoms with Gasteiger partial charge in [-0.05, 0) is 13.3 Å². The summed E-state index contributed by atoms with van der Waals surface area (Å²) in [5.41, 5.74) is 0.0554. The number of carboxylic acid groups (broad SMARTS) is 1. The van der Waals surface area contributed by atoms with Crippen LogP contribution < -0.4 is 5.32 Å². The predicted molar refractivity (Wildman–Crippen MR) is 77.8 cm³/mol. The van der Waals surface area contributed by atoms with E-state index in [-0.39, 0.29) is 17.8 Å². The Bertz CT molecular complexity index is 505. The van der Waals surface area contributed by atoms with Crippen LogP contribution >= 0.6 is 11.3 Å². The van der Waals surface area contributed by atoms with Gasteiger partial charge in [0.15, 0.2) is 5.69 Å². The standard InChI is InChI=1S/C13H19N3O4S/c1-9-7-16(5-2-6-20-9)13(19)14-4-3-11-15-10(8-21-11)12(17)18/h8-9H,2-7H2,1H3,(H,14,19)(H,17,18). The molecule has 7 nitrogen and oxygen atoms in total. The van der Waals surface area contributed by atoms with Gasteiger partial charge in [-0.1, -0.05) is 0 Å². The van der Waals surface area contributed by atoms with E-state index in [2.05, 4.69) is 10.3 Å². The molecule has 0 aromatic carbocycles. The van der Waals surface area contributed by atoms with Gasteiger partial charge in [-0.25, -0.2) is 14.6 Å². The SMILES string of the molecule is CC1CN(C(=O)NCCc2nc(C(=O)O)cs2)CCCO1. The van der Waals surface area contributed by atoms with Gasteiger partial charge in [0.1, 0.15) is 0 Å². The monoisotopic (exact) mass is 313 g/mol. The molecule has 1 aliphatic rings. The Morgan fingerprint density at radius 3 is 3.14 bits per heavy atom. The fourth-order valence-corrected chi connectivity index (χ4v) is 2.86. The highest BCUT2D eigenvalue weighted by Crippen LogP contribution is 2.10. The third-order valence-electron chi connectivity index (χ3n) is 3.13. The molecule has 2 heterocycles. The van der Waals surface area contributed by atoms with E-state index >= 15 is 0 Å². The average Bonchev–Trinajstić information content (AvgIpc) is 2.80. The van der Waals surface area contributed by atoms with Crippen LogP contribution in [-0.4, -0.2) is 59.3 Å². The fourth-order valence-electron chi connectivity index (χ4n) is 2.09. The van der Waals surface area contributed by atoms with Crippen LogP contribution in [0.25, 0.3) is 0 Å². The second kappa shape index (κ2) is 7.37. The number of thiazole rings is 1. The number of nitrogens with one attached hydrogen (secondary N) is 1. The van der Waals surface area contributed by atoms with E-state index in [1.54, 1.807) is 4.90 Å². The minimum atomic E-state index is -1.03. The Kier molecular flexibility index (Phi) is 5.51. The molecular weight excluding hydrogens is 294 g/mol. The van der Waals surface area contributed by atoms with Crippen molar-refractivity contribution in [1.29, 1.82) is 0 Å². The van der Waals surface area contributed by atoms with Gasteiger partial charge >= 0.3 is 12.0 Å². The number of aromatic carboxylic acids is 1. The lowest BCUT2D eigenvalue weighted by Gasteiger charge is -2.22. The smallest absolute Gasteiger partial charge is 0.355 e. The molecule has 1 saturated heterocycles. The molecule has 1 aliphatic heterocycles. The van der Waals surface area contributed by atoms with Crippen molar-refractivity contribution in [2.24, 2.45) is 0 Å². The topological polar surface area (TPSA) is 91.8 Å². The highest BCUT2D eigenvalue weighted by molar-refractivity contribution is 7.09. The molecule has 1 aromatic heterocycles. The number of carbonyl (C=O) groups is 2. The number of carboxylic acids is 1. The van der Waals surface area contributed by atoms with E-state index in [9.17, 15) is 9.59 Å². The molecule has 0 spiro atoms. The van der Waals surface area contributed by atoms with Crippen molar-refractivity contribution in [2.75, 3.05) is 26.2 Å². The summed E-state index contributed by atoms with van der Waals surface area (Å²) in [7, 11) is 0. The van der Waals surface area contributed by atoms with Crippen molar-refractivity contribution in [1.82, 2.24) is 15.2 Å². The average molecular weight is 313 g/mol. The Morgan fingerprint density at radius 1 is 1.62 bits per heavy atom. The molecule has 2 rings (SSSR count). The van der Waals surface area contributed by atoms with Crippen LogP contribution in [0.3, 0.4) is 0 Å². The quantitative estimate of drug-likeness (QED) is 0.871. The first-order valence-corrected chi connectivity index (χ1v) is 7.76. The Hall–Kier alpha value is -1.67. The fraction of sp³-hybridized carbons (Fsp3) is 0.615. The van der Waals surface area contributed by atoms with Crippen LogP contribution in [0, 0.1) is 0 Å². The largest absolute Gasteiger partial charge is 0.476 e. The molecule has 2 amide bonds. The summed E-state index contributed by atoms with van der Waals surface area (Å²) < 4.78 is 5.50. The first-order chi connectivity index (χ1) is 10.1. The zero-order valence-electron chi connectivity index (χ0n) is 11.9. The second-order valence-electron chi connectivity index (χ2n) is 4.89. The number of amides is 2. The van der Waals surface area contributed by atoms with Crippen LogP contribution in [-0.2, 0) is 11.2 Å². The Morgan fingerprint density at radius 2 is 2.43 bits per heavy atom. The van der Waals surface area contributed by atoms with Crippen LogP contribution in [0.4, 0.5) is 4.79 Å². The normalized spacial score (nSPS) is 19.1. The van der Waals surface area contributed by atoms with E-state index in [0.29, 0.717) is 37.7 Å². The summed E-state index contributed by atoms with van der Waals surface area (Å²) in [6.07, 6.45) is 1.42. The van der Waals surface area contributed by atoms with Crippen molar-refractivity contribution >= 4 is 23.3 Å². The molecule has 1 fully saturated rings. The lowest BCUT2D eigenvalue weighted by molar-refractivity contribution is 0.0691. The molecule has 8 heteroatoms. The third-order valence-corrected chi connectivity index (χ3v) is 4.03. The van der Waals surface area contributed by atoms with E-state index in [1.165, 1.54) is 16.7 Å². The molecule has 1 atom stereocenters. The first-order valence-electron chi connectivity index (χ1n) is 6.88. The highest BCUT2D eigenvalue weighted by atomic mass is 32.1. The van der Waals surface area contributed by atoms with Gasteiger partial charge in [-0.3, -0.25) is 0 Å². The first kappa shape index (κ1) is 15.7. The summed E-state index contributed by atoms with van der Waals surface area (Å²) in [4.78, 5) is 28.5. The lowest BCUT2D eigenvalue weighted by Crippen LogP contribution is -2.43. The van der Waals surface area contributed by atoms with E-state index < -0.39 is 5.97 Å². The molecule has 21 heavy (non-hydrogen) atoms. The molecule has 2 N–H and O–H groups in total. The Labute approximate surface area is 126 Å². The van der Waals surface area contributed by atoms with Crippen molar-refractivity contribution < 1.29 is 19.4 Å². The van der Waals surface area contributed by atoms with Gasteiger partial charge in [0.25, 0.3) is 0 Å². The second-order valence-corrected chi connectivity index (χ2v) is 5.84. The zero-order chi connectivity index (χ0) is 15.2. The molecule has 0 saturated carbocycles. The summed E-state index contributed by atoms with van der Waals surface area (Å²) in [6.45, 7) is 4.36. The van der Waals surface area contributed by atoms with Crippen molar-refractivity contribution in [3.8, 4) is 0 Å². The number of hydrogen-bond acceptors (Lipinski definition) is 5. The van der Waals surface area contributed by atoms with Crippen LogP contribution in [0.1, 0.15) is 28.8 Å². The van der Waals surface area contributed by atoms with Crippen LogP contribution in [0.2, 0.25) is 0 Å². The van der Waals surface area contributed by atoms with Gasteiger partial charge in [-0.2, -0.15) is 0 Å². The van der Waals surface area contributed by atoms with Crippen molar-refractivity contribution in [2.45, 2.75) is 25.9 Å².